The van der Waals surface area contributed by atoms with Crippen LogP contribution in [0.5, 0.6) is 11.5 Å². The number of carbonyl (C=O) groups excluding carboxylic acids is 2. The number of likely N-dealkylation sites (tertiary alicyclic amines) is 1. The number of amides is 2. The van der Waals surface area contributed by atoms with Crippen molar-refractivity contribution in [3.05, 3.63) is 23.8 Å². The summed E-state index contributed by atoms with van der Waals surface area (Å²) < 4.78 is 10.6. The van der Waals surface area contributed by atoms with Crippen LogP contribution < -0.4 is 20.1 Å². The van der Waals surface area contributed by atoms with E-state index in [1.165, 1.54) is 0 Å². The summed E-state index contributed by atoms with van der Waals surface area (Å²) in [5.74, 6) is 1.48. The quantitative estimate of drug-likeness (QED) is 0.746. The van der Waals surface area contributed by atoms with Crippen LogP contribution >= 0.6 is 12.4 Å². The van der Waals surface area contributed by atoms with Gasteiger partial charge in [-0.3, -0.25) is 9.59 Å². The summed E-state index contributed by atoms with van der Waals surface area (Å²) in [6.07, 6.45) is 3.90. The molecule has 0 radical (unpaired) electrons. The molecule has 2 aliphatic heterocycles. The monoisotopic (exact) mass is 411 g/mol. The highest BCUT2D eigenvalue weighted by Crippen LogP contribution is 2.27. The van der Waals surface area contributed by atoms with E-state index in [0.717, 1.165) is 38.8 Å². The number of benzene rings is 1. The second-order valence-electron chi connectivity index (χ2n) is 7.22. The van der Waals surface area contributed by atoms with Crippen LogP contribution in [0.4, 0.5) is 0 Å². The van der Waals surface area contributed by atoms with Gasteiger partial charge in [-0.2, -0.15) is 0 Å². The third-order valence-electron chi connectivity index (χ3n) is 5.39. The number of piperidine rings is 1. The van der Waals surface area contributed by atoms with Gasteiger partial charge in [0.05, 0.1) is 25.8 Å². The molecule has 28 heavy (non-hydrogen) atoms. The number of carbonyl (C=O) groups is 2. The zero-order valence-electron chi connectivity index (χ0n) is 16.5. The smallest absolute Gasteiger partial charge is 0.257 e. The molecule has 2 amide bonds. The van der Waals surface area contributed by atoms with Crippen LogP contribution in [0, 0.1) is 5.92 Å². The van der Waals surface area contributed by atoms with Crippen LogP contribution in [0.25, 0.3) is 0 Å². The van der Waals surface area contributed by atoms with Crippen molar-refractivity contribution in [2.45, 2.75) is 31.7 Å². The maximum Gasteiger partial charge on any atom is 0.257 e. The van der Waals surface area contributed by atoms with Crippen molar-refractivity contribution < 1.29 is 19.1 Å². The fourth-order valence-corrected chi connectivity index (χ4v) is 3.84. The first-order valence-electron chi connectivity index (χ1n) is 9.64. The Labute approximate surface area is 172 Å². The van der Waals surface area contributed by atoms with Crippen LogP contribution in [-0.2, 0) is 4.79 Å². The Kier molecular flexibility index (Phi) is 8.38. The Morgan fingerprint density at radius 2 is 2.04 bits per heavy atom. The van der Waals surface area contributed by atoms with Crippen LogP contribution in [0.1, 0.15) is 36.0 Å². The summed E-state index contributed by atoms with van der Waals surface area (Å²) in [4.78, 5) is 27.0. The van der Waals surface area contributed by atoms with E-state index in [1.807, 2.05) is 4.90 Å². The van der Waals surface area contributed by atoms with Crippen LogP contribution in [0.2, 0.25) is 0 Å². The molecule has 2 heterocycles. The van der Waals surface area contributed by atoms with Crippen molar-refractivity contribution in [1.82, 2.24) is 15.5 Å². The molecule has 2 N–H and O–H groups in total. The Bertz CT molecular complexity index is 679. The van der Waals surface area contributed by atoms with E-state index in [1.54, 1.807) is 32.4 Å². The number of halogens is 1. The predicted molar refractivity (Wildman–Crippen MR) is 109 cm³/mol. The van der Waals surface area contributed by atoms with Crippen molar-refractivity contribution in [1.29, 1.82) is 0 Å². The molecule has 1 aromatic carbocycles. The number of hydrogen-bond donors (Lipinski definition) is 2. The lowest BCUT2D eigenvalue weighted by molar-refractivity contribution is -0.123. The topological polar surface area (TPSA) is 79.9 Å². The molecule has 156 valence electrons. The van der Waals surface area contributed by atoms with E-state index in [0.29, 0.717) is 30.2 Å². The van der Waals surface area contributed by atoms with E-state index < -0.39 is 0 Å². The van der Waals surface area contributed by atoms with Crippen molar-refractivity contribution in [2.75, 3.05) is 40.4 Å². The fraction of sp³-hybridized carbons (Fsp3) is 0.600. The maximum atomic E-state index is 13.0. The maximum absolute atomic E-state index is 13.0. The number of ether oxygens (including phenoxy) is 2. The van der Waals surface area contributed by atoms with Gasteiger partial charge in [0.15, 0.2) is 0 Å². The summed E-state index contributed by atoms with van der Waals surface area (Å²) in [6, 6.07) is 5.18. The van der Waals surface area contributed by atoms with Crippen molar-refractivity contribution in [3.63, 3.8) is 0 Å². The molecular weight excluding hydrogens is 382 g/mol. The van der Waals surface area contributed by atoms with Crippen LogP contribution in [0.15, 0.2) is 18.2 Å². The van der Waals surface area contributed by atoms with Gasteiger partial charge in [0, 0.05) is 25.7 Å². The molecule has 0 bridgehead atoms. The molecule has 2 unspecified atom stereocenters. The van der Waals surface area contributed by atoms with E-state index in [-0.39, 0.29) is 36.2 Å². The number of rotatable bonds is 6. The number of hydrogen-bond acceptors (Lipinski definition) is 5. The average Bonchev–Trinajstić information content (AvgIpc) is 3.26. The van der Waals surface area contributed by atoms with E-state index in [4.69, 9.17) is 9.47 Å². The third kappa shape index (κ3) is 5.29. The lowest BCUT2D eigenvalue weighted by Crippen LogP contribution is -2.46. The summed E-state index contributed by atoms with van der Waals surface area (Å²) >= 11 is 0. The average molecular weight is 412 g/mol. The van der Waals surface area contributed by atoms with Crippen molar-refractivity contribution in [3.8, 4) is 11.5 Å². The van der Waals surface area contributed by atoms with Crippen LogP contribution in [0.3, 0.4) is 0 Å². The highest BCUT2D eigenvalue weighted by molar-refractivity contribution is 5.97. The van der Waals surface area contributed by atoms with E-state index >= 15 is 0 Å². The molecule has 3 rings (SSSR count). The second kappa shape index (κ2) is 10.5. The minimum atomic E-state index is -0.0603. The normalized spacial score (nSPS) is 21.6. The molecule has 2 saturated heterocycles. The van der Waals surface area contributed by atoms with Crippen LogP contribution in [-0.4, -0.2) is 63.2 Å². The first-order chi connectivity index (χ1) is 13.1. The second-order valence-corrected chi connectivity index (χ2v) is 7.22. The largest absolute Gasteiger partial charge is 0.497 e. The summed E-state index contributed by atoms with van der Waals surface area (Å²) in [5, 5.41) is 6.26. The minimum absolute atomic E-state index is 0. The molecule has 0 aromatic heterocycles. The van der Waals surface area contributed by atoms with Gasteiger partial charge in [-0.05, 0) is 50.3 Å². The lowest BCUT2D eigenvalue weighted by atomic mass is 9.97. The lowest BCUT2D eigenvalue weighted by Gasteiger charge is -2.33. The van der Waals surface area contributed by atoms with Gasteiger partial charge in [0.1, 0.15) is 11.5 Å². The molecule has 2 fully saturated rings. The predicted octanol–water partition coefficient (Wildman–Crippen LogP) is 1.85. The van der Waals surface area contributed by atoms with Crippen molar-refractivity contribution >= 4 is 24.2 Å². The zero-order valence-corrected chi connectivity index (χ0v) is 17.3. The molecule has 0 saturated carbocycles. The summed E-state index contributed by atoms with van der Waals surface area (Å²) in [6.45, 7) is 2.89. The Hall–Kier alpha value is -1.99. The standard InChI is InChI=1S/C20H29N3O4.ClH/c1-26-15-7-8-16(18(11-15)27-2)20(25)23-10-4-5-14(13-23)12-22-19(24)17-6-3-9-21-17;/h7-8,11,14,17,21H,3-6,9-10,12-13H2,1-2H3,(H,22,24);1H. The highest BCUT2D eigenvalue weighted by Gasteiger charge is 2.28. The minimum Gasteiger partial charge on any atom is -0.497 e. The van der Waals surface area contributed by atoms with Gasteiger partial charge < -0.3 is 25.0 Å². The Balaban J connectivity index is 0.00000280. The molecule has 7 nitrogen and oxygen atoms in total. The molecule has 2 atom stereocenters. The van der Waals surface area contributed by atoms with Gasteiger partial charge in [0.25, 0.3) is 5.91 Å². The zero-order chi connectivity index (χ0) is 19.2. The molecule has 0 spiro atoms. The molecule has 8 heteroatoms. The number of methoxy groups -OCH3 is 2. The number of nitrogens with zero attached hydrogens (tertiary/aromatic N) is 1. The summed E-state index contributed by atoms with van der Waals surface area (Å²) in [5.41, 5.74) is 0.540. The third-order valence-corrected chi connectivity index (χ3v) is 5.39. The Morgan fingerprint density at radius 1 is 1.21 bits per heavy atom. The van der Waals surface area contributed by atoms with E-state index in [9.17, 15) is 9.59 Å². The first-order valence-corrected chi connectivity index (χ1v) is 9.64. The van der Waals surface area contributed by atoms with Crippen molar-refractivity contribution in [2.24, 2.45) is 5.92 Å². The molecule has 2 aliphatic rings. The van der Waals surface area contributed by atoms with Gasteiger partial charge in [-0.1, -0.05) is 0 Å². The van der Waals surface area contributed by atoms with Gasteiger partial charge in [0.2, 0.25) is 5.91 Å². The summed E-state index contributed by atoms with van der Waals surface area (Å²) in [7, 11) is 3.14. The first kappa shape index (κ1) is 22.3. The SMILES string of the molecule is COc1ccc(C(=O)N2CCCC(CNC(=O)C3CCCN3)C2)c(OC)c1.Cl. The molecular formula is C20H30ClN3O4. The fourth-order valence-electron chi connectivity index (χ4n) is 3.84. The van der Waals surface area contributed by atoms with Gasteiger partial charge in [-0.25, -0.2) is 0 Å². The van der Waals surface area contributed by atoms with Gasteiger partial charge in [-0.15, -0.1) is 12.4 Å². The van der Waals surface area contributed by atoms with Gasteiger partial charge >= 0.3 is 0 Å². The molecule has 0 aliphatic carbocycles. The number of nitrogens with one attached hydrogen (secondary N) is 2. The molecule has 1 aromatic rings. The highest BCUT2D eigenvalue weighted by atomic mass is 35.5. The van der Waals surface area contributed by atoms with E-state index in [2.05, 4.69) is 10.6 Å². The Morgan fingerprint density at radius 3 is 2.71 bits per heavy atom.